The van der Waals surface area contributed by atoms with Crippen LogP contribution in [0.5, 0.6) is 0 Å². The summed E-state index contributed by atoms with van der Waals surface area (Å²) in [5.41, 5.74) is 5.82. The molecule has 32 heavy (non-hydrogen) atoms. The summed E-state index contributed by atoms with van der Waals surface area (Å²) in [6.07, 6.45) is 0. The number of aryl methyl sites for hydroxylation is 2. The average Bonchev–Trinajstić information content (AvgIpc) is 3.33. The predicted molar refractivity (Wildman–Crippen MR) is 130 cm³/mol. The molecule has 3 amide bonds. The van der Waals surface area contributed by atoms with Gasteiger partial charge in [0.15, 0.2) is 4.87 Å². The summed E-state index contributed by atoms with van der Waals surface area (Å²) in [6, 6.07) is 23.4. The molecule has 2 heterocycles. The summed E-state index contributed by atoms with van der Waals surface area (Å²) in [5, 5.41) is 3.00. The van der Waals surface area contributed by atoms with Gasteiger partial charge < -0.3 is 10.2 Å². The van der Waals surface area contributed by atoms with Gasteiger partial charge >= 0.3 is 6.03 Å². The van der Waals surface area contributed by atoms with E-state index in [9.17, 15) is 9.59 Å². The zero-order valence-corrected chi connectivity index (χ0v) is 19.0. The van der Waals surface area contributed by atoms with Gasteiger partial charge in [-0.2, -0.15) is 0 Å². The fourth-order valence-corrected chi connectivity index (χ4v) is 6.06. The molecular formula is C26H25N3O2S. The maximum atomic E-state index is 14.0. The molecule has 0 aliphatic carbocycles. The molecule has 1 N–H and O–H groups in total. The van der Waals surface area contributed by atoms with E-state index >= 15 is 0 Å². The largest absolute Gasteiger partial charge is 0.323 e. The lowest BCUT2D eigenvalue weighted by molar-refractivity contribution is -0.123. The minimum atomic E-state index is -1.03. The van der Waals surface area contributed by atoms with E-state index in [1.54, 1.807) is 16.7 Å². The molecule has 1 fully saturated rings. The van der Waals surface area contributed by atoms with E-state index in [1.165, 1.54) is 0 Å². The molecule has 2 aliphatic rings. The van der Waals surface area contributed by atoms with Gasteiger partial charge in [0.25, 0.3) is 5.91 Å². The summed E-state index contributed by atoms with van der Waals surface area (Å²) in [7, 11) is 0. The summed E-state index contributed by atoms with van der Waals surface area (Å²) in [6.45, 7) is 5.05. The smallest absolute Gasteiger partial charge is 0.308 e. The first-order chi connectivity index (χ1) is 15.5. The van der Waals surface area contributed by atoms with Crippen LogP contribution in [0.15, 0.2) is 72.8 Å². The molecule has 6 heteroatoms. The van der Waals surface area contributed by atoms with Crippen LogP contribution in [-0.2, 0) is 16.2 Å². The van der Waals surface area contributed by atoms with Crippen LogP contribution >= 0.6 is 11.8 Å². The van der Waals surface area contributed by atoms with Gasteiger partial charge in [0.2, 0.25) is 0 Å². The number of hydrogen-bond acceptors (Lipinski definition) is 3. The molecule has 0 saturated carbocycles. The molecular weight excluding hydrogens is 418 g/mol. The van der Waals surface area contributed by atoms with Crippen LogP contribution in [0.4, 0.5) is 16.2 Å². The maximum absolute atomic E-state index is 14.0. The Kier molecular flexibility index (Phi) is 5.18. The summed E-state index contributed by atoms with van der Waals surface area (Å²) in [4.78, 5) is 29.9. The van der Waals surface area contributed by atoms with Crippen LogP contribution in [0.2, 0.25) is 0 Å². The van der Waals surface area contributed by atoms with Crippen molar-refractivity contribution in [1.29, 1.82) is 0 Å². The van der Waals surface area contributed by atoms with E-state index in [0.717, 1.165) is 33.6 Å². The Labute approximate surface area is 192 Å². The number of hydrogen-bond donors (Lipinski definition) is 1. The number of nitrogens with zero attached hydrogens (tertiary/aromatic N) is 2. The van der Waals surface area contributed by atoms with Crippen LogP contribution in [0.1, 0.15) is 22.3 Å². The minimum absolute atomic E-state index is 0.0520. The number of thioether (sulfide) groups is 1. The number of amides is 3. The second-order valence-electron chi connectivity index (χ2n) is 8.28. The van der Waals surface area contributed by atoms with Crippen LogP contribution in [0.25, 0.3) is 0 Å². The molecule has 5 nitrogen and oxygen atoms in total. The topological polar surface area (TPSA) is 52.7 Å². The van der Waals surface area contributed by atoms with Crippen molar-refractivity contribution in [3.8, 4) is 0 Å². The van der Waals surface area contributed by atoms with E-state index < -0.39 is 4.87 Å². The van der Waals surface area contributed by atoms with Crippen LogP contribution < -0.4 is 10.2 Å². The van der Waals surface area contributed by atoms with Crippen molar-refractivity contribution >= 4 is 35.1 Å². The zero-order valence-electron chi connectivity index (χ0n) is 18.2. The van der Waals surface area contributed by atoms with Crippen molar-refractivity contribution in [3.63, 3.8) is 0 Å². The van der Waals surface area contributed by atoms with E-state index in [1.807, 2.05) is 72.5 Å². The number of fused-ring (bicyclic) bond motifs is 2. The van der Waals surface area contributed by atoms with Gasteiger partial charge in [0, 0.05) is 23.5 Å². The molecule has 0 radical (unpaired) electrons. The van der Waals surface area contributed by atoms with Crippen LogP contribution in [0, 0.1) is 13.8 Å². The number of anilines is 2. The van der Waals surface area contributed by atoms with E-state index in [-0.39, 0.29) is 11.9 Å². The lowest BCUT2D eigenvalue weighted by Crippen LogP contribution is -2.51. The SMILES string of the molecule is Cc1cccc(NC(=O)N2CCS[C@]23C(=O)N(Cc2ccccc2C)c2ccccc23)c1. The van der Waals surface area contributed by atoms with Gasteiger partial charge in [0.1, 0.15) is 0 Å². The van der Waals surface area contributed by atoms with Gasteiger partial charge in [0.05, 0.1) is 12.2 Å². The van der Waals surface area contributed by atoms with Crippen molar-refractivity contribution in [2.24, 2.45) is 0 Å². The molecule has 1 spiro atoms. The monoisotopic (exact) mass is 443 g/mol. The standard InChI is InChI=1S/C26H25N3O2S/c1-18-8-7-11-21(16-18)27-25(31)29-14-15-32-26(29)22-12-5-6-13-23(22)28(24(26)30)17-20-10-4-3-9-19(20)2/h3-13,16H,14-15,17H2,1-2H3,(H,27,31)/t26-/m1/s1. The fraction of sp³-hybridized carbons (Fsp3) is 0.231. The lowest BCUT2D eigenvalue weighted by atomic mass is 10.1. The highest BCUT2D eigenvalue weighted by Crippen LogP contribution is 2.54. The van der Waals surface area contributed by atoms with E-state index in [2.05, 4.69) is 24.4 Å². The highest BCUT2D eigenvalue weighted by Gasteiger charge is 2.59. The van der Waals surface area contributed by atoms with Crippen molar-refractivity contribution in [2.75, 3.05) is 22.5 Å². The van der Waals surface area contributed by atoms with Crippen molar-refractivity contribution < 1.29 is 9.59 Å². The Morgan fingerprint density at radius 1 is 1.03 bits per heavy atom. The Hall–Kier alpha value is -3.25. The second kappa shape index (κ2) is 8.02. The second-order valence-corrected chi connectivity index (χ2v) is 9.57. The van der Waals surface area contributed by atoms with Gasteiger partial charge in [-0.1, -0.05) is 54.6 Å². The van der Waals surface area contributed by atoms with Crippen LogP contribution in [-0.4, -0.2) is 29.1 Å². The van der Waals surface area contributed by atoms with Gasteiger partial charge in [-0.05, 0) is 48.7 Å². The van der Waals surface area contributed by atoms with Gasteiger partial charge in [-0.15, -0.1) is 11.8 Å². The Morgan fingerprint density at radius 2 is 1.81 bits per heavy atom. The normalized spacial score (nSPS) is 19.5. The summed E-state index contributed by atoms with van der Waals surface area (Å²) >= 11 is 1.55. The third-order valence-electron chi connectivity index (χ3n) is 6.21. The lowest BCUT2D eigenvalue weighted by Gasteiger charge is -2.33. The molecule has 0 aromatic heterocycles. The average molecular weight is 444 g/mol. The van der Waals surface area contributed by atoms with E-state index in [4.69, 9.17) is 0 Å². The molecule has 0 bridgehead atoms. The third kappa shape index (κ3) is 3.26. The molecule has 1 atom stereocenters. The number of carbonyl (C=O) groups is 2. The Balaban J connectivity index is 1.52. The number of carbonyl (C=O) groups excluding carboxylic acids is 2. The maximum Gasteiger partial charge on any atom is 0.323 e. The molecule has 3 aromatic carbocycles. The minimum Gasteiger partial charge on any atom is -0.308 e. The Bertz CT molecular complexity index is 1210. The first-order valence-corrected chi connectivity index (χ1v) is 11.7. The molecule has 0 unspecified atom stereocenters. The van der Waals surface area contributed by atoms with Crippen molar-refractivity contribution in [1.82, 2.24) is 4.90 Å². The molecule has 1 saturated heterocycles. The highest BCUT2D eigenvalue weighted by atomic mass is 32.2. The summed E-state index contributed by atoms with van der Waals surface area (Å²) in [5.74, 6) is 0.656. The zero-order chi connectivity index (χ0) is 22.3. The summed E-state index contributed by atoms with van der Waals surface area (Å²) < 4.78 is 0. The van der Waals surface area contributed by atoms with Gasteiger partial charge in [-0.25, -0.2) is 4.79 Å². The highest BCUT2D eigenvalue weighted by molar-refractivity contribution is 8.01. The molecule has 2 aliphatic heterocycles. The molecule has 162 valence electrons. The molecule has 5 rings (SSSR count). The van der Waals surface area contributed by atoms with Gasteiger partial charge in [-0.3, -0.25) is 9.69 Å². The van der Waals surface area contributed by atoms with E-state index in [0.29, 0.717) is 18.8 Å². The quantitative estimate of drug-likeness (QED) is 0.599. The fourth-order valence-electron chi connectivity index (χ4n) is 4.60. The number of rotatable bonds is 3. The van der Waals surface area contributed by atoms with Crippen LogP contribution in [0.3, 0.4) is 0 Å². The number of nitrogens with one attached hydrogen (secondary N) is 1. The first kappa shape index (κ1) is 20.6. The Morgan fingerprint density at radius 3 is 2.62 bits per heavy atom. The number of benzene rings is 3. The first-order valence-electron chi connectivity index (χ1n) is 10.8. The third-order valence-corrected chi connectivity index (χ3v) is 7.62. The number of para-hydroxylation sites is 1. The predicted octanol–water partition coefficient (Wildman–Crippen LogP) is 5.28. The van der Waals surface area contributed by atoms with Crippen molar-refractivity contribution in [2.45, 2.75) is 25.3 Å². The molecule has 3 aromatic rings. The van der Waals surface area contributed by atoms with Crippen molar-refractivity contribution in [3.05, 3.63) is 95.1 Å². The number of urea groups is 1.